The van der Waals surface area contributed by atoms with Gasteiger partial charge >= 0.3 is 6.85 Å². The van der Waals surface area contributed by atoms with Gasteiger partial charge in [0.15, 0.2) is 0 Å². The Bertz CT molecular complexity index is 2270. The van der Waals surface area contributed by atoms with Crippen molar-refractivity contribution in [1.82, 2.24) is 0 Å². The molecule has 42 heavy (non-hydrogen) atoms. The zero-order valence-corrected chi connectivity index (χ0v) is 22.9. The molecule has 0 fully saturated rings. The van der Waals surface area contributed by atoms with Gasteiger partial charge < -0.3 is 4.81 Å². The van der Waals surface area contributed by atoms with Gasteiger partial charge in [0, 0.05) is 22.5 Å². The van der Waals surface area contributed by atoms with Crippen LogP contribution in [0, 0.1) is 0 Å². The first-order valence-electron chi connectivity index (χ1n) is 14.7. The molecule has 0 spiro atoms. The summed E-state index contributed by atoms with van der Waals surface area (Å²) in [6, 6.07) is 54.4. The number of hydrogen-bond acceptors (Lipinski definition) is 1. The molecule has 1 nitrogen and oxygen atoms in total. The van der Waals surface area contributed by atoms with Gasteiger partial charge in [-0.05, 0) is 89.4 Å². The van der Waals surface area contributed by atoms with Crippen LogP contribution in [0.5, 0.6) is 0 Å². The molecular formula is C40H24BN. The van der Waals surface area contributed by atoms with Gasteiger partial charge in [-0.3, -0.25) is 0 Å². The van der Waals surface area contributed by atoms with Gasteiger partial charge in [-0.2, -0.15) is 0 Å². The summed E-state index contributed by atoms with van der Waals surface area (Å²) in [5.74, 6) is 0. The standard InChI is InChI=1S/C40H24BN/c1-3-13-29-23-37-33(21-27(29)11-1)39-31-15-7-5-9-25(31)17-19-35(39)41-36-20-18-26-10-6-8-16-32(26)40(36)34-22-28-12-2-4-14-30(28)24-38(34)42(37)41/h1-24H. The van der Waals surface area contributed by atoms with E-state index in [-0.39, 0.29) is 6.85 Å². The highest BCUT2D eigenvalue weighted by molar-refractivity contribution is 6.93. The highest BCUT2D eigenvalue weighted by Crippen LogP contribution is 2.50. The van der Waals surface area contributed by atoms with Crippen LogP contribution in [0.4, 0.5) is 11.4 Å². The second kappa shape index (κ2) is 8.12. The molecule has 0 aromatic heterocycles. The minimum absolute atomic E-state index is 0.0616. The third-order valence-corrected chi connectivity index (χ3v) is 9.56. The van der Waals surface area contributed by atoms with E-state index < -0.39 is 0 Å². The highest BCUT2D eigenvalue weighted by Gasteiger charge is 2.43. The lowest BCUT2D eigenvalue weighted by Gasteiger charge is -2.44. The predicted octanol–water partition coefficient (Wildman–Crippen LogP) is 9.20. The summed E-state index contributed by atoms with van der Waals surface area (Å²) in [7, 11) is 0. The van der Waals surface area contributed by atoms with Gasteiger partial charge in [0.2, 0.25) is 0 Å². The second-order valence-corrected chi connectivity index (χ2v) is 11.7. The smallest absolute Gasteiger partial charge is 0.329 e. The maximum absolute atomic E-state index is 2.64. The number of anilines is 2. The summed E-state index contributed by atoms with van der Waals surface area (Å²) in [5.41, 5.74) is 10.6. The molecule has 0 N–H and O–H groups in total. The Morgan fingerprint density at radius 1 is 0.357 bits per heavy atom. The van der Waals surface area contributed by atoms with E-state index in [2.05, 4.69) is 150 Å². The molecule has 0 amide bonds. The molecule has 0 saturated carbocycles. The Balaban J connectivity index is 1.42. The van der Waals surface area contributed by atoms with Crippen LogP contribution in [0.1, 0.15) is 0 Å². The molecule has 10 rings (SSSR count). The Kier molecular flexibility index (Phi) is 4.32. The molecule has 8 aromatic rings. The van der Waals surface area contributed by atoms with Crippen LogP contribution in [-0.2, 0) is 0 Å². The van der Waals surface area contributed by atoms with E-state index in [1.165, 1.54) is 87.6 Å². The molecule has 2 heteroatoms. The van der Waals surface area contributed by atoms with E-state index in [0.717, 1.165) is 0 Å². The predicted molar refractivity (Wildman–Crippen MR) is 181 cm³/mol. The van der Waals surface area contributed by atoms with Gasteiger partial charge in [0.05, 0.1) is 0 Å². The maximum atomic E-state index is 2.64. The first-order valence-corrected chi connectivity index (χ1v) is 14.7. The largest absolute Gasteiger partial charge is 0.376 e. The summed E-state index contributed by atoms with van der Waals surface area (Å²) >= 11 is 0. The van der Waals surface area contributed by atoms with E-state index in [1.807, 2.05) is 0 Å². The van der Waals surface area contributed by atoms with Crippen LogP contribution in [0.3, 0.4) is 0 Å². The first kappa shape index (κ1) is 22.4. The average Bonchev–Trinajstić information content (AvgIpc) is 3.05. The molecule has 0 unspecified atom stereocenters. The average molecular weight is 529 g/mol. The summed E-state index contributed by atoms with van der Waals surface area (Å²) in [6.07, 6.45) is 0. The summed E-state index contributed by atoms with van der Waals surface area (Å²) < 4.78 is 0. The summed E-state index contributed by atoms with van der Waals surface area (Å²) in [6.45, 7) is 0.0616. The van der Waals surface area contributed by atoms with Crippen molar-refractivity contribution in [1.29, 1.82) is 0 Å². The van der Waals surface area contributed by atoms with Crippen LogP contribution in [0.2, 0.25) is 0 Å². The molecule has 0 aliphatic carbocycles. The molecule has 0 radical (unpaired) electrons. The molecule has 2 aliphatic rings. The van der Waals surface area contributed by atoms with Crippen LogP contribution in [-0.4, -0.2) is 6.85 Å². The number of rotatable bonds is 0. The van der Waals surface area contributed by atoms with Crippen LogP contribution in [0.15, 0.2) is 146 Å². The topological polar surface area (TPSA) is 3.24 Å². The molecule has 2 aliphatic heterocycles. The monoisotopic (exact) mass is 529 g/mol. The van der Waals surface area contributed by atoms with Gasteiger partial charge in [0.25, 0.3) is 0 Å². The highest BCUT2D eigenvalue weighted by atomic mass is 15.1. The van der Waals surface area contributed by atoms with Gasteiger partial charge in [-0.15, -0.1) is 0 Å². The summed E-state index contributed by atoms with van der Waals surface area (Å²) in [4.78, 5) is 2.64. The number of hydrogen-bond donors (Lipinski definition) is 0. The molecular weight excluding hydrogens is 505 g/mol. The Hall–Kier alpha value is -5.34. The third kappa shape index (κ3) is 2.89. The minimum atomic E-state index is 0.0616. The van der Waals surface area contributed by atoms with E-state index in [1.54, 1.807) is 0 Å². The van der Waals surface area contributed by atoms with Crippen molar-refractivity contribution >= 4 is 72.2 Å². The Morgan fingerprint density at radius 2 is 0.738 bits per heavy atom. The fourth-order valence-corrected chi connectivity index (χ4v) is 7.74. The van der Waals surface area contributed by atoms with Gasteiger partial charge in [0.1, 0.15) is 0 Å². The van der Waals surface area contributed by atoms with E-state index >= 15 is 0 Å². The first-order chi connectivity index (χ1) is 20.8. The number of nitrogens with zero attached hydrogens (tertiary/aromatic N) is 1. The van der Waals surface area contributed by atoms with E-state index in [9.17, 15) is 0 Å². The number of benzene rings is 8. The van der Waals surface area contributed by atoms with Crippen molar-refractivity contribution in [2.75, 3.05) is 4.81 Å². The maximum Gasteiger partial charge on any atom is 0.329 e. The molecule has 2 heterocycles. The zero-order valence-electron chi connectivity index (χ0n) is 22.9. The third-order valence-electron chi connectivity index (χ3n) is 9.56. The SMILES string of the molecule is c1ccc2cc3c(cc2c1)-c1c(ccc2ccccc12)B1c2ccc4ccccc4c2-c2cc4ccccc4cc2N13. The minimum Gasteiger partial charge on any atom is -0.376 e. The Morgan fingerprint density at radius 3 is 1.19 bits per heavy atom. The van der Waals surface area contributed by atoms with E-state index in [4.69, 9.17) is 0 Å². The van der Waals surface area contributed by atoms with Crippen LogP contribution in [0.25, 0.3) is 65.3 Å². The lowest BCUT2D eigenvalue weighted by atomic mass is 9.42. The molecule has 0 saturated heterocycles. The quantitative estimate of drug-likeness (QED) is 0.177. The molecule has 0 atom stereocenters. The second-order valence-electron chi connectivity index (χ2n) is 11.7. The van der Waals surface area contributed by atoms with Gasteiger partial charge in [-0.1, -0.05) is 121 Å². The van der Waals surface area contributed by atoms with Crippen molar-refractivity contribution in [3.8, 4) is 22.3 Å². The van der Waals surface area contributed by atoms with Crippen LogP contribution < -0.4 is 15.7 Å². The summed E-state index contributed by atoms with van der Waals surface area (Å²) in [5, 5.41) is 10.3. The van der Waals surface area contributed by atoms with Crippen LogP contribution >= 0.6 is 0 Å². The number of fused-ring (bicyclic) bond motifs is 17. The van der Waals surface area contributed by atoms with E-state index in [0.29, 0.717) is 0 Å². The van der Waals surface area contributed by atoms with Crippen molar-refractivity contribution in [2.24, 2.45) is 0 Å². The lowest BCUT2D eigenvalue weighted by Crippen LogP contribution is -2.59. The lowest BCUT2D eigenvalue weighted by molar-refractivity contribution is 1.37. The molecule has 8 aromatic carbocycles. The Labute approximate surface area is 244 Å². The van der Waals surface area contributed by atoms with Crippen molar-refractivity contribution < 1.29 is 0 Å². The fraction of sp³-hybridized carbons (Fsp3) is 0. The van der Waals surface area contributed by atoms with Gasteiger partial charge in [-0.25, -0.2) is 0 Å². The normalized spacial score (nSPS) is 13.1. The van der Waals surface area contributed by atoms with Crippen molar-refractivity contribution in [3.05, 3.63) is 146 Å². The molecule has 0 bridgehead atoms. The fourth-order valence-electron chi connectivity index (χ4n) is 7.74. The van der Waals surface area contributed by atoms with Crippen molar-refractivity contribution in [2.45, 2.75) is 0 Å². The molecule has 192 valence electrons. The van der Waals surface area contributed by atoms with Crippen molar-refractivity contribution in [3.63, 3.8) is 0 Å². The zero-order chi connectivity index (χ0) is 27.4.